The zero-order valence-corrected chi connectivity index (χ0v) is 9.33. The van der Waals surface area contributed by atoms with E-state index < -0.39 is 0 Å². The third-order valence-corrected chi connectivity index (χ3v) is 2.72. The monoisotopic (exact) mass is 206 g/mol. The van der Waals surface area contributed by atoms with Gasteiger partial charge in [0.05, 0.1) is 0 Å². The normalized spacial score (nSPS) is 16.5. The van der Waals surface area contributed by atoms with Gasteiger partial charge in [-0.15, -0.1) is 0 Å². The SMILES string of the molecule is CC(C)c1cc(NCC2CNC2)ncn1. The zero-order valence-electron chi connectivity index (χ0n) is 9.33. The van der Waals surface area contributed by atoms with Gasteiger partial charge in [0.25, 0.3) is 0 Å². The summed E-state index contributed by atoms with van der Waals surface area (Å²) in [5.74, 6) is 2.15. The van der Waals surface area contributed by atoms with Crippen LogP contribution in [-0.2, 0) is 0 Å². The Balaban J connectivity index is 1.92. The van der Waals surface area contributed by atoms with E-state index in [0.29, 0.717) is 5.92 Å². The van der Waals surface area contributed by atoms with Crippen molar-refractivity contribution in [3.8, 4) is 0 Å². The van der Waals surface area contributed by atoms with Gasteiger partial charge in [-0.2, -0.15) is 0 Å². The van der Waals surface area contributed by atoms with E-state index in [2.05, 4.69) is 34.4 Å². The predicted molar refractivity (Wildman–Crippen MR) is 61.0 cm³/mol. The lowest BCUT2D eigenvalue weighted by Gasteiger charge is -2.27. The van der Waals surface area contributed by atoms with Gasteiger partial charge in [0.1, 0.15) is 12.1 Å². The van der Waals surface area contributed by atoms with Gasteiger partial charge in [-0.1, -0.05) is 13.8 Å². The van der Waals surface area contributed by atoms with Crippen LogP contribution in [0.1, 0.15) is 25.5 Å². The summed E-state index contributed by atoms with van der Waals surface area (Å²) in [5.41, 5.74) is 1.10. The van der Waals surface area contributed by atoms with Gasteiger partial charge in [0.2, 0.25) is 0 Å². The van der Waals surface area contributed by atoms with Crippen molar-refractivity contribution >= 4 is 5.82 Å². The largest absolute Gasteiger partial charge is 0.370 e. The Kier molecular flexibility index (Phi) is 3.16. The minimum Gasteiger partial charge on any atom is -0.370 e. The Morgan fingerprint density at radius 3 is 2.87 bits per heavy atom. The van der Waals surface area contributed by atoms with Crippen molar-refractivity contribution in [1.82, 2.24) is 15.3 Å². The molecule has 0 spiro atoms. The summed E-state index contributed by atoms with van der Waals surface area (Å²) in [6.07, 6.45) is 1.64. The van der Waals surface area contributed by atoms with Gasteiger partial charge >= 0.3 is 0 Å². The molecule has 0 bridgehead atoms. The van der Waals surface area contributed by atoms with Crippen molar-refractivity contribution in [2.45, 2.75) is 19.8 Å². The third kappa shape index (κ3) is 2.65. The number of aromatic nitrogens is 2. The second-order valence-electron chi connectivity index (χ2n) is 4.39. The lowest BCUT2D eigenvalue weighted by Crippen LogP contribution is -2.45. The highest BCUT2D eigenvalue weighted by Crippen LogP contribution is 2.14. The smallest absolute Gasteiger partial charge is 0.129 e. The summed E-state index contributed by atoms with van der Waals surface area (Å²) in [7, 11) is 0. The lowest BCUT2D eigenvalue weighted by atomic mass is 10.0. The van der Waals surface area contributed by atoms with Crippen LogP contribution >= 0.6 is 0 Å². The van der Waals surface area contributed by atoms with Crippen molar-refractivity contribution in [1.29, 1.82) is 0 Å². The molecule has 0 amide bonds. The molecule has 1 aliphatic heterocycles. The van der Waals surface area contributed by atoms with E-state index in [9.17, 15) is 0 Å². The topological polar surface area (TPSA) is 49.8 Å². The molecule has 1 aromatic rings. The third-order valence-electron chi connectivity index (χ3n) is 2.72. The predicted octanol–water partition coefficient (Wildman–Crippen LogP) is 1.23. The molecule has 2 N–H and O–H groups in total. The van der Waals surface area contributed by atoms with Crippen LogP contribution in [0.15, 0.2) is 12.4 Å². The first-order chi connectivity index (χ1) is 7.25. The summed E-state index contributed by atoms with van der Waals surface area (Å²) < 4.78 is 0. The highest BCUT2D eigenvalue weighted by molar-refractivity contribution is 5.35. The molecule has 0 aliphatic carbocycles. The number of anilines is 1. The van der Waals surface area contributed by atoms with Crippen molar-refractivity contribution in [3.63, 3.8) is 0 Å². The molecule has 15 heavy (non-hydrogen) atoms. The molecule has 0 saturated carbocycles. The van der Waals surface area contributed by atoms with E-state index in [1.165, 1.54) is 0 Å². The van der Waals surface area contributed by atoms with Gasteiger partial charge in [-0.25, -0.2) is 9.97 Å². The van der Waals surface area contributed by atoms with Crippen LogP contribution in [0.4, 0.5) is 5.82 Å². The molecule has 0 radical (unpaired) electrons. The fourth-order valence-corrected chi connectivity index (χ4v) is 1.53. The second kappa shape index (κ2) is 4.57. The average Bonchev–Trinajstić information content (AvgIpc) is 2.16. The number of nitrogens with one attached hydrogen (secondary N) is 2. The van der Waals surface area contributed by atoms with Gasteiger partial charge in [0, 0.05) is 37.3 Å². The van der Waals surface area contributed by atoms with Crippen molar-refractivity contribution < 1.29 is 0 Å². The van der Waals surface area contributed by atoms with Crippen molar-refractivity contribution in [3.05, 3.63) is 18.1 Å². The summed E-state index contributed by atoms with van der Waals surface area (Å²) >= 11 is 0. The average molecular weight is 206 g/mol. The van der Waals surface area contributed by atoms with Crippen LogP contribution < -0.4 is 10.6 Å². The Morgan fingerprint density at radius 2 is 2.27 bits per heavy atom. The summed E-state index contributed by atoms with van der Waals surface area (Å²) in [6, 6.07) is 2.04. The highest BCUT2D eigenvalue weighted by atomic mass is 15.0. The standard InChI is InChI=1S/C11H18N4/c1-8(2)10-3-11(15-7-14-10)13-6-9-4-12-5-9/h3,7-9,12H,4-6H2,1-2H3,(H,13,14,15). The second-order valence-corrected chi connectivity index (χ2v) is 4.39. The first kappa shape index (κ1) is 10.4. The zero-order chi connectivity index (χ0) is 10.7. The molecule has 0 atom stereocenters. The van der Waals surface area contributed by atoms with E-state index in [-0.39, 0.29) is 0 Å². The number of rotatable bonds is 4. The quantitative estimate of drug-likeness (QED) is 0.778. The molecule has 82 valence electrons. The van der Waals surface area contributed by atoms with Crippen LogP contribution in [0, 0.1) is 5.92 Å². The van der Waals surface area contributed by atoms with Crippen molar-refractivity contribution in [2.75, 3.05) is 25.0 Å². The molecule has 1 aliphatic rings. The summed E-state index contributed by atoms with van der Waals surface area (Å²) in [4.78, 5) is 8.45. The number of nitrogens with zero attached hydrogens (tertiary/aromatic N) is 2. The molecular formula is C11H18N4. The molecule has 0 unspecified atom stereocenters. The van der Waals surface area contributed by atoms with E-state index >= 15 is 0 Å². The van der Waals surface area contributed by atoms with Crippen LogP contribution in [0.25, 0.3) is 0 Å². The minimum absolute atomic E-state index is 0.457. The first-order valence-corrected chi connectivity index (χ1v) is 5.52. The number of hydrogen-bond donors (Lipinski definition) is 2. The fraction of sp³-hybridized carbons (Fsp3) is 0.636. The maximum atomic E-state index is 4.24. The Hall–Kier alpha value is -1.16. The minimum atomic E-state index is 0.457. The van der Waals surface area contributed by atoms with E-state index in [1.54, 1.807) is 6.33 Å². The summed E-state index contributed by atoms with van der Waals surface area (Å²) in [5, 5.41) is 6.61. The van der Waals surface area contributed by atoms with Crippen LogP contribution in [0.5, 0.6) is 0 Å². The molecule has 0 aromatic carbocycles. The molecule has 2 heterocycles. The Bertz CT molecular complexity index is 320. The molecule has 1 saturated heterocycles. The van der Waals surface area contributed by atoms with Crippen LogP contribution in [-0.4, -0.2) is 29.6 Å². The summed E-state index contributed by atoms with van der Waals surface area (Å²) in [6.45, 7) is 7.52. The lowest BCUT2D eigenvalue weighted by molar-refractivity contribution is 0.365. The van der Waals surface area contributed by atoms with Gasteiger partial charge in [-0.05, 0) is 5.92 Å². The Labute approximate surface area is 90.5 Å². The number of hydrogen-bond acceptors (Lipinski definition) is 4. The van der Waals surface area contributed by atoms with E-state index in [1.807, 2.05) is 6.07 Å². The van der Waals surface area contributed by atoms with Crippen LogP contribution in [0.2, 0.25) is 0 Å². The first-order valence-electron chi connectivity index (χ1n) is 5.52. The van der Waals surface area contributed by atoms with Gasteiger partial charge in [-0.3, -0.25) is 0 Å². The Morgan fingerprint density at radius 1 is 1.47 bits per heavy atom. The fourth-order valence-electron chi connectivity index (χ4n) is 1.53. The van der Waals surface area contributed by atoms with Gasteiger partial charge < -0.3 is 10.6 Å². The maximum Gasteiger partial charge on any atom is 0.129 e. The molecule has 2 rings (SSSR count). The molecule has 1 fully saturated rings. The van der Waals surface area contributed by atoms with Gasteiger partial charge in [0.15, 0.2) is 0 Å². The van der Waals surface area contributed by atoms with Crippen LogP contribution in [0.3, 0.4) is 0 Å². The molecule has 4 nitrogen and oxygen atoms in total. The van der Waals surface area contributed by atoms with Crippen molar-refractivity contribution in [2.24, 2.45) is 5.92 Å². The molecular weight excluding hydrogens is 188 g/mol. The molecule has 4 heteroatoms. The van der Waals surface area contributed by atoms with E-state index in [4.69, 9.17) is 0 Å². The highest BCUT2D eigenvalue weighted by Gasteiger charge is 2.16. The molecule has 1 aromatic heterocycles. The van der Waals surface area contributed by atoms with E-state index in [0.717, 1.165) is 37.1 Å². The maximum absolute atomic E-state index is 4.24.